The van der Waals surface area contributed by atoms with Gasteiger partial charge in [-0.05, 0) is 12.0 Å². The molecule has 0 fully saturated rings. The Balaban J connectivity index is 2.79. The second kappa shape index (κ2) is 7.46. The minimum atomic E-state index is -0.112. The molecule has 4 heteroatoms. The highest BCUT2D eigenvalue weighted by Gasteiger charge is 2.10. The Bertz CT molecular complexity index is 460. The summed E-state index contributed by atoms with van der Waals surface area (Å²) >= 11 is 0. The number of aromatic nitrogens is 1. The highest BCUT2D eigenvalue weighted by Crippen LogP contribution is 2.06. The molecule has 1 aromatic heterocycles. The van der Waals surface area contributed by atoms with Crippen LogP contribution in [0.1, 0.15) is 36.2 Å². The lowest BCUT2D eigenvalue weighted by Crippen LogP contribution is -2.28. The van der Waals surface area contributed by atoms with E-state index in [1.165, 1.54) is 0 Å². The largest absolute Gasteiger partial charge is 0.352 e. The fourth-order valence-electron chi connectivity index (χ4n) is 1.34. The van der Waals surface area contributed by atoms with Crippen molar-refractivity contribution in [2.75, 3.05) is 13.1 Å². The molecule has 0 spiro atoms. The number of nitrogens with two attached hydrogens (primary N) is 1. The SMILES string of the molecule is CCC(C)CNC(=O)c1ccncc1C#CCN. The van der Waals surface area contributed by atoms with Gasteiger partial charge < -0.3 is 11.1 Å². The molecule has 1 unspecified atom stereocenters. The molecule has 0 saturated heterocycles. The van der Waals surface area contributed by atoms with Gasteiger partial charge in [0, 0.05) is 18.9 Å². The molecule has 0 saturated carbocycles. The van der Waals surface area contributed by atoms with Gasteiger partial charge in [-0.1, -0.05) is 32.1 Å². The van der Waals surface area contributed by atoms with Crippen LogP contribution in [0.3, 0.4) is 0 Å². The van der Waals surface area contributed by atoms with Crippen LogP contribution >= 0.6 is 0 Å². The lowest BCUT2D eigenvalue weighted by molar-refractivity contribution is 0.0947. The van der Waals surface area contributed by atoms with Gasteiger partial charge in [-0.2, -0.15) is 0 Å². The number of rotatable bonds is 4. The van der Waals surface area contributed by atoms with Crippen molar-refractivity contribution in [1.82, 2.24) is 10.3 Å². The van der Waals surface area contributed by atoms with Crippen molar-refractivity contribution in [3.8, 4) is 11.8 Å². The quantitative estimate of drug-likeness (QED) is 0.782. The predicted molar refractivity (Wildman–Crippen MR) is 72.0 cm³/mol. The minimum absolute atomic E-state index is 0.112. The molecule has 0 aliphatic carbocycles. The number of hydrogen-bond acceptors (Lipinski definition) is 3. The van der Waals surface area contributed by atoms with E-state index in [2.05, 4.69) is 36.0 Å². The lowest BCUT2D eigenvalue weighted by atomic mass is 10.1. The third kappa shape index (κ3) is 4.19. The molecule has 0 aliphatic rings. The van der Waals surface area contributed by atoms with E-state index in [0.717, 1.165) is 6.42 Å². The van der Waals surface area contributed by atoms with E-state index in [4.69, 9.17) is 5.73 Å². The summed E-state index contributed by atoms with van der Waals surface area (Å²) in [5.74, 6) is 5.95. The van der Waals surface area contributed by atoms with Gasteiger partial charge in [0.2, 0.25) is 0 Å². The van der Waals surface area contributed by atoms with Crippen LogP contribution in [0.4, 0.5) is 0 Å². The normalized spacial score (nSPS) is 11.3. The fraction of sp³-hybridized carbons (Fsp3) is 0.429. The van der Waals surface area contributed by atoms with E-state index in [1.54, 1.807) is 18.5 Å². The van der Waals surface area contributed by atoms with Crippen LogP contribution in [0.5, 0.6) is 0 Å². The van der Waals surface area contributed by atoms with Crippen LogP contribution in [0, 0.1) is 17.8 Å². The number of nitrogens with one attached hydrogen (secondary N) is 1. The van der Waals surface area contributed by atoms with Crippen molar-refractivity contribution in [1.29, 1.82) is 0 Å². The van der Waals surface area contributed by atoms with E-state index in [1.807, 2.05) is 0 Å². The zero-order chi connectivity index (χ0) is 13.4. The average Bonchev–Trinajstić information content (AvgIpc) is 2.42. The third-order valence-corrected chi connectivity index (χ3v) is 2.70. The van der Waals surface area contributed by atoms with E-state index < -0.39 is 0 Å². The molecule has 3 N–H and O–H groups in total. The molecule has 1 amide bonds. The van der Waals surface area contributed by atoms with Gasteiger partial charge in [0.05, 0.1) is 17.7 Å². The Morgan fingerprint density at radius 2 is 2.39 bits per heavy atom. The van der Waals surface area contributed by atoms with E-state index in [9.17, 15) is 4.79 Å². The second-order valence-corrected chi connectivity index (χ2v) is 4.15. The van der Waals surface area contributed by atoms with E-state index in [0.29, 0.717) is 23.6 Å². The van der Waals surface area contributed by atoms with E-state index >= 15 is 0 Å². The molecule has 0 aliphatic heterocycles. The van der Waals surface area contributed by atoms with Gasteiger partial charge >= 0.3 is 0 Å². The summed E-state index contributed by atoms with van der Waals surface area (Å²) in [6.07, 6.45) is 4.21. The molecule has 1 heterocycles. The lowest BCUT2D eigenvalue weighted by Gasteiger charge is -2.10. The first-order valence-corrected chi connectivity index (χ1v) is 6.10. The van der Waals surface area contributed by atoms with Gasteiger partial charge in [-0.25, -0.2) is 0 Å². The maximum absolute atomic E-state index is 12.0. The first-order chi connectivity index (χ1) is 8.69. The molecule has 1 aromatic rings. The van der Waals surface area contributed by atoms with Crippen molar-refractivity contribution >= 4 is 5.91 Å². The van der Waals surface area contributed by atoms with Gasteiger partial charge in [-0.3, -0.25) is 9.78 Å². The first-order valence-electron chi connectivity index (χ1n) is 6.10. The summed E-state index contributed by atoms with van der Waals surface area (Å²) < 4.78 is 0. The van der Waals surface area contributed by atoms with Crippen molar-refractivity contribution < 1.29 is 4.79 Å². The molecule has 0 bridgehead atoms. The van der Waals surface area contributed by atoms with Gasteiger partial charge in [-0.15, -0.1) is 0 Å². The highest BCUT2D eigenvalue weighted by molar-refractivity contribution is 5.96. The summed E-state index contributed by atoms with van der Waals surface area (Å²) in [6.45, 7) is 5.13. The number of carbonyl (C=O) groups is 1. The van der Waals surface area contributed by atoms with Gasteiger partial charge in [0.25, 0.3) is 5.91 Å². The molecule has 0 radical (unpaired) electrons. The highest BCUT2D eigenvalue weighted by atomic mass is 16.1. The fourth-order valence-corrected chi connectivity index (χ4v) is 1.34. The van der Waals surface area contributed by atoms with Gasteiger partial charge in [0.1, 0.15) is 0 Å². The number of nitrogens with zero attached hydrogens (tertiary/aromatic N) is 1. The molecule has 1 rings (SSSR count). The Morgan fingerprint density at radius 3 is 3.06 bits per heavy atom. The maximum atomic E-state index is 12.0. The van der Waals surface area contributed by atoms with Crippen LogP contribution in [0.2, 0.25) is 0 Å². The molecule has 1 atom stereocenters. The minimum Gasteiger partial charge on any atom is -0.352 e. The summed E-state index contributed by atoms with van der Waals surface area (Å²) in [7, 11) is 0. The Labute approximate surface area is 108 Å². The maximum Gasteiger partial charge on any atom is 0.252 e. The summed E-state index contributed by atoms with van der Waals surface area (Å²) in [5.41, 5.74) is 6.49. The molecule has 96 valence electrons. The summed E-state index contributed by atoms with van der Waals surface area (Å²) in [4.78, 5) is 16.0. The standard InChI is InChI=1S/C14H19N3O/c1-3-11(2)9-17-14(18)13-6-8-16-10-12(13)5-4-7-15/h6,8,10-11H,3,7,9,15H2,1-2H3,(H,17,18). The van der Waals surface area contributed by atoms with Crippen LogP contribution in [0.15, 0.2) is 18.5 Å². The monoisotopic (exact) mass is 245 g/mol. The Hall–Kier alpha value is -1.86. The van der Waals surface area contributed by atoms with Crippen molar-refractivity contribution in [3.05, 3.63) is 29.6 Å². The zero-order valence-corrected chi connectivity index (χ0v) is 10.9. The number of amides is 1. The Kier molecular flexibility index (Phi) is 5.89. The van der Waals surface area contributed by atoms with Crippen LogP contribution in [0.25, 0.3) is 0 Å². The van der Waals surface area contributed by atoms with Crippen LogP contribution in [-0.4, -0.2) is 24.0 Å². The molecule has 4 nitrogen and oxygen atoms in total. The second-order valence-electron chi connectivity index (χ2n) is 4.15. The zero-order valence-electron chi connectivity index (χ0n) is 10.9. The third-order valence-electron chi connectivity index (χ3n) is 2.70. The van der Waals surface area contributed by atoms with Crippen LogP contribution in [-0.2, 0) is 0 Å². The Morgan fingerprint density at radius 1 is 1.61 bits per heavy atom. The number of pyridine rings is 1. The molecular formula is C14H19N3O. The summed E-state index contributed by atoms with van der Waals surface area (Å²) in [5, 5.41) is 2.90. The van der Waals surface area contributed by atoms with E-state index in [-0.39, 0.29) is 12.5 Å². The van der Waals surface area contributed by atoms with Crippen molar-refractivity contribution in [2.24, 2.45) is 11.7 Å². The average molecular weight is 245 g/mol. The smallest absolute Gasteiger partial charge is 0.252 e. The molecule has 0 aromatic carbocycles. The molecular weight excluding hydrogens is 226 g/mol. The summed E-state index contributed by atoms with van der Waals surface area (Å²) in [6, 6.07) is 1.67. The number of hydrogen-bond donors (Lipinski definition) is 2. The topological polar surface area (TPSA) is 68.0 Å². The first kappa shape index (κ1) is 14.2. The number of carbonyl (C=O) groups excluding carboxylic acids is 1. The predicted octanol–water partition coefficient (Wildman–Crippen LogP) is 1.17. The van der Waals surface area contributed by atoms with Crippen molar-refractivity contribution in [3.63, 3.8) is 0 Å². The molecule has 18 heavy (non-hydrogen) atoms. The van der Waals surface area contributed by atoms with Crippen LogP contribution < -0.4 is 11.1 Å². The van der Waals surface area contributed by atoms with Crippen molar-refractivity contribution in [2.45, 2.75) is 20.3 Å². The van der Waals surface area contributed by atoms with Gasteiger partial charge in [0.15, 0.2) is 0 Å².